The van der Waals surface area contributed by atoms with Crippen LogP contribution in [-0.2, 0) is 6.61 Å². The smallest absolute Gasteiger partial charge is 0.166 e. The van der Waals surface area contributed by atoms with Crippen LogP contribution >= 0.6 is 11.3 Å². The molecule has 1 aliphatic rings. The largest absolute Gasteiger partial charge is 0.485 e. The lowest BCUT2D eigenvalue weighted by molar-refractivity contribution is 0.255. The summed E-state index contributed by atoms with van der Waals surface area (Å²) in [5.41, 5.74) is 10.3. The van der Waals surface area contributed by atoms with Crippen LogP contribution < -0.4 is 10.5 Å². The van der Waals surface area contributed by atoms with Crippen LogP contribution in [0.1, 0.15) is 61.2 Å². The molecule has 1 fully saturated rings. The topological polar surface area (TPSA) is 64.3 Å². The van der Waals surface area contributed by atoms with Gasteiger partial charge in [0, 0.05) is 34.9 Å². The summed E-state index contributed by atoms with van der Waals surface area (Å²) in [4.78, 5) is 12.6. The highest BCUT2D eigenvalue weighted by atomic mass is 32.1. The second-order valence-corrected chi connectivity index (χ2v) is 11.3. The van der Waals surface area contributed by atoms with Crippen LogP contribution in [0.3, 0.4) is 0 Å². The molecule has 1 aliphatic heterocycles. The fraction of sp³-hybridized carbons (Fsp3) is 0.429. The Morgan fingerprint density at radius 1 is 1.12 bits per heavy atom. The van der Waals surface area contributed by atoms with Gasteiger partial charge in [0.2, 0.25) is 0 Å². The van der Waals surface area contributed by atoms with E-state index in [0.717, 1.165) is 53.1 Å². The van der Waals surface area contributed by atoms with Crippen molar-refractivity contribution in [2.45, 2.75) is 53.1 Å². The van der Waals surface area contributed by atoms with E-state index in [1.165, 1.54) is 5.01 Å². The van der Waals surface area contributed by atoms with Crippen LogP contribution in [-0.4, -0.2) is 35.0 Å². The molecule has 0 unspecified atom stereocenters. The van der Waals surface area contributed by atoms with Gasteiger partial charge in [-0.3, -0.25) is 0 Å². The second-order valence-electron chi connectivity index (χ2n) is 10.2. The number of piperidine rings is 1. The predicted molar refractivity (Wildman–Crippen MR) is 141 cm³/mol. The predicted octanol–water partition coefficient (Wildman–Crippen LogP) is 5.88. The standard InChI is InChI=1S/C28H34N4OS/c1-19-12-20(6-9-28(2,3)4)14-21(13-19)18-33-24-15-23(16-30-26(24)29)25-17-31-27(34-25)22-7-10-32(5)11-8-22/h12-17,22H,7-8,10-11,18H2,1-5H3,(H2,29,30). The molecule has 0 bridgehead atoms. The third-order valence-electron chi connectivity index (χ3n) is 5.87. The SMILES string of the molecule is Cc1cc(C#CC(C)(C)C)cc(COc2cc(-c3cnc(C4CCN(C)CC4)s3)cnc2N)c1. The van der Waals surface area contributed by atoms with Crippen molar-refractivity contribution in [2.75, 3.05) is 25.9 Å². The number of likely N-dealkylation sites (tertiary alicyclic amines) is 1. The lowest BCUT2D eigenvalue weighted by Gasteiger charge is -2.27. The van der Waals surface area contributed by atoms with E-state index in [9.17, 15) is 0 Å². The van der Waals surface area contributed by atoms with E-state index in [0.29, 0.717) is 24.1 Å². The van der Waals surface area contributed by atoms with Gasteiger partial charge in [-0.05, 0) is 90.0 Å². The van der Waals surface area contributed by atoms with Crippen molar-refractivity contribution < 1.29 is 4.74 Å². The highest BCUT2D eigenvalue weighted by molar-refractivity contribution is 7.15. The van der Waals surface area contributed by atoms with Gasteiger partial charge in [-0.25, -0.2) is 9.97 Å². The monoisotopic (exact) mass is 474 g/mol. The summed E-state index contributed by atoms with van der Waals surface area (Å²) in [6.45, 7) is 11.1. The molecule has 0 saturated carbocycles. The summed E-state index contributed by atoms with van der Waals surface area (Å²) in [5, 5.41) is 1.21. The van der Waals surface area contributed by atoms with Gasteiger partial charge in [0.1, 0.15) is 6.61 Å². The Morgan fingerprint density at radius 3 is 2.62 bits per heavy atom. The Hall–Kier alpha value is -2.88. The summed E-state index contributed by atoms with van der Waals surface area (Å²) in [5.74, 6) is 8.12. The number of nitrogen functional groups attached to an aromatic ring is 1. The van der Waals surface area contributed by atoms with Crippen LogP contribution in [0, 0.1) is 24.2 Å². The van der Waals surface area contributed by atoms with Crippen molar-refractivity contribution in [3.8, 4) is 28.0 Å². The Labute approximate surface area is 207 Å². The van der Waals surface area contributed by atoms with Crippen LogP contribution in [0.25, 0.3) is 10.4 Å². The maximum absolute atomic E-state index is 6.15. The molecule has 1 saturated heterocycles. The maximum atomic E-state index is 6.15. The molecule has 4 rings (SSSR count). The molecule has 0 radical (unpaired) electrons. The van der Waals surface area contributed by atoms with Crippen LogP contribution in [0.4, 0.5) is 5.82 Å². The summed E-state index contributed by atoms with van der Waals surface area (Å²) >= 11 is 1.75. The summed E-state index contributed by atoms with van der Waals surface area (Å²) in [6, 6.07) is 8.28. The van der Waals surface area contributed by atoms with Crippen molar-refractivity contribution in [1.29, 1.82) is 0 Å². The number of hydrogen-bond acceptors (Lipinski definition) is 6. The van der Waals surface area contributed by atoms with Crippen molar-refractivity contribution >= 4 is 17.2 Å². The molecule has 34 heavy (non-hydrogen) atoms. The number of pyridine rings is 1. The van der Waals surface area contributed by atoms with Gasteiger partial charge in [0.25, 0.3) is 0 Å². The normalized spacial score (nSPS) is 15.1. The van der Waals surface area contributed by atoms with E-state index in [1.807, 2.05) is 12.3 Å². The highest BCUT2D eigenvalue weighted by Gasteiger charge is 2.21. The number of aryl methyl sites for hydroxylation is 1. The van der Waals surface area contributed by atoms with E-state index >= 15 is 0 Å². The van der Waals surface area contributed by atoms with E-state index < -0.39 is 0 Å². The van der Waals surface area contributed by atoms with E-state index in [-0.39, 0.29) is 5.41 Å². The van der Waals surface area contributed by atoms with E-state index in [4.69, 9.17) is 15.5 Å². The average Bonchev–Trinajstić information content (AvgIpc) is 3.27. The number of benzene rings is 1. The Balaban J connectivity index is 1.48. The molecule has 2 aromatic heterocycles. The highest BCUT2D eigenvalue weighted by Crippen LogP contribution is 2.36. The Bertz CT molecular complexity index is 1210. The Morgan fingerprint density at radius 2 is 1.88 bits per heavy atom. The van der Waals surface area contributed by atoms with E-state index in [1.54, 1.807) is 17.5 Å². The Kier molecular flexibility index (Phi) is 7.25. The van der Waals surface area contributed by atoms with Gasteiger partial charge < -0.3 is 15.4 Å². The first-order chi connectivity index (χ1) is 16.2. The first-order valence-corrected chi connectivity index (χ1v) is 12.6. The zero-order valence-corrected chi connectivity index (χ0v) is 21.6. The molecule has 178 valence electrons. The third-order valence-corrected chi connectivity index (χ3v) is 7.08. The zero-order valence-electron chi connectivity index (χ0n) is 20.8. The van der Waals surface area contributed by atoms with Crippen molar-refractivity contribution in [3.05, 3.63) is 58.4 Å². The first-order valence-electron chi connectivity index (χ1n) is 11.8. The van der Waals surface area contributed by atoms with Gasteiger partial charge in [-0.1, -0.05) is 17.9 Å². The number of nitrogens with zero attached hydrogens (tertiary/aromatic N) is 3. The molecule has 6 heteroatoms. The second kappa shape index (κ2) is 10.2. The zero-order chi connectivity index (χ0) is 24.3. The lowest BCUT2D eigenvalue weighted by Crippen LogP contribution is -2.29. The number of anilines is 1. The van der Waals surface area contributed by atoms with Crippen molar-refractivity contribution in [3.63, 3.8) is 0 Å². The summed E-state index contributed by atoms with van der Waals surface area (Å²) in [7, 11) is 2.18. The summed E-state index contributed by atoms with van der Waals surface area (Å²) in [6.07, 6.45) is 6.09. The molecule has 1 aromatic carbocycles. The van der Waals surface area contributed by atoms with Gasteiger partial charge in [-0.15, -0.1) is 11.3 Å². The third kappa shape index (κ3) is 6.37. The molecule has 3 aromatic rings. The number of aromatic nitrogens is 2. The van der Waals surface area contributed by atoms with Crippen molar-refractivity contribution in [2.24, 2.45) is 5.41 Å². The molecule has 3 heterocycles. The number of thiazole rings is 1. The minimum Gasteiger partial charge on any atom is -0.485 e. The molecule has 0 aliphatic carbocycles. The van der Waals surface area contributed by atoms with Gasteiger partial charge >= 0.3 is 0 Å². The number of rotatable bonds is 5. The minimum atomic E-state index is -0.0369. The molecule has 0 amide bonds. The first kappa shape index (κ1) is 24.3. The van der Waals surface area contributed by atoms with Crippen LogP contribution in [0.2, 0.25) is 0 Å². The number of ether oxygens (including phenoxy) is 1. The quantitative estimate of drug-likeness (QED) is 0.468. The van der Waals surface area contributed by atoms with Gasteiger partial charge in [0.05, 0.1) is 9.88 Å². The van der Waals surface area contributed by atoms with Gasteiger partial charge in [-0.2, -0.15) is 0 Å². The molecule has 0 atom stereocenters. The van der Waals surface area contributed by atoms with Crippen LogP contribution in [0.15, 0.2) is 36.7 Å². The molecule has 2 N–H and O–H groups in total. The number of nitrogens with two attached hydrogens (primary N) is 1. The molecular formula is C28H34N4OS. The summed E-state index contributed by atoms with van der Waals surface area (Å²) < 4.78 is 6.12. The molecule has 5 nitrogen and oxygen atoms in total. The number of hydrogen-bond donors (Lipinski definition) is 1. The average molecular weight is 475 g/mol. The lowest BCUT2D eigenvalue weighted by atomic mass is 9.97. The fourth-order valence-electron chi connectivity index (χ4n) is 4.01. The van der Waals surface area contributed by atoms with E-state index in [2.05, 4.69) is 74.7 Å². The maximum Gasteiger partial charge on any atom is 0.166 e. The van der Waals surface area contributed by atoms with Crippen molar-refractivity contribution in [1.82, 2.24) is 14.9 Å². The molecular weight excluding hydrogens is 440 g/mol. The fourth-order valence-corrected chi connectivity index (χ4v) is 5.08. The van der Waals surface area contributed by atoms with Gasteiger partial charge in [0.15, 0.2) is 11.6 Å². The molecule has 0 spiro atoms. The minimum absolute atomic E-state index is 0.0369. The van der Waals surface area contributed by atoms with Crippen LogP contribution in [0.5, 0.6) is 5.75 Å².